The topological polar surface area (TPSA) is 75.7 Å². The van der Waals surface area contributed by atoms with Crippen LogP contribution in [0.25, 0.3) is 0 Å². The van der Waals surface area contributed by atoms with E-state index in [0.717, 1.165) is 31.4 Å². The van der Waals surface area contributed by atoms with Crippen molar-refractivity contribution in [3.63, 3.8) is 0 Å². The van der Waals surface area contributed by atoms with Crippen LogP contribution < -0.4 is 4.72 Å². The standard InChI is InChI=1S/C25H30ClFN2O4S/c1-4-16(27)14-15-19(26)23-22(25(31)33-5-2)17-10-6-7-11-18(17)24(30)29(23)21-13-9-8-12-20(21)28-34(3)32/h4,6-7,10-11,14-15,20-23,28H,1,5,8-9,12-13H2,2-3H3/b16-14+,19-15-. The van der Waals surface area contributed by atoms with E-state index >= 15 is 0 Å². The van der Waals surface area contributed by atoms with E-state index in [1.54, 1.807) is 42.3 Å². The van der Waals surface area contributed by atoms with E-state index in [4.69, 9.17) is 16.3 Å². The first-order chi connectivity index (χ1) is 16.3. The number of carbonyl (C=O) groups is 2. The molecule has 0 aromatic heterocycles. The van der Waals surface area contributed by atoms with E-state index in [1.807, 2.05) is 0 Å². The fraction of sp³-hybridized carbons (Fsp3) is 0.440. The molecular weight excluding hydrogens is 479 g/mol. The van der Waals surface area contributed by atoms with Gasteiger partial charge in [0.2, 0.25) is 0 Å². The number of esters is 1. The highest BCUT2D eigenvalue weighted by molar-refractivity contribution is 7.82. The van der Waals surface area contributed by atoms with Crippen LogP contribution in [0.5, 0.6) is 0 Å². The largest absolute Gasteiger partial charge is 0.465 e. The van der Waals surface area contributed by atoms with Crippen molar-refractivity contribution in [1.29, 1.82) is 0 Å². The molecule has 1 aliphatic heterocycles. The molecule has 5 atom stereocenters. The minimum absolute atomic E-state index is 0.125. The van der Waals surface area contributed by atoms with Crippen LogP contribution in [0.3, 0.4) is 0 Å². The molecule has 5 unspecified atom stereocenters. The Bertz CT molecular complexity index is 1030. The molecule has 0 saturated heterocycles. The van der Waals surface area contributed by atoms with Crippen molar-refractivity contribution < 1.29 is 22.9 Å². The van der Waals surface area contributed by atoms with Gasteiger partial charge in [-0.25, -0.2) is 13.3 Å². The predicted octanol–water partition coefficient (Wildman–Crippen LogP) is 4.51. The second-order valence-electron chi connectivity index (χ2n) is 8.31. The number of benzene rings is 1. The first-order valence-electron chi connectivity index (χ1n) is 11.3. The van der Waals surface area contributed by atoms with Crippen LogP contribution in [-0.4, -0.2) is 52.0 Å². The highest BCUT2D eigenvalue weighted by atomic mass is 35.5. The maximum Gasteiger partial charge on any atom is 0.315 e. The summed E-state index contributed by atoms with van der Waals surface area (Å²) in [4.78, 5) is 28.7. The van der Waals surface area contributed by atoms with Gasteiger partial charge < -0.3 is 9.64 Å². The minimum Gasteiger partial charge on any atom is -0.465 e. The van der Waals surface area contributed by atoms with Gasteiger partial charge in [0.15, 0.2) is 0 Å². The van der Waals surface area contributed by atoms with Gasteiger partial charge in [-0.3, -0.25) is 9.59 Å². The van der Waals surface area contributed by atoms with Crippen molar-refractivity contribution in [3.05, 3.63) is 71.1 Å². The molecule has 1 amide bonds. The average Bonchev–Trinajstić information content (AvgIpc) is 2.82. The fourth-order valence-corrected chi connectivity index (χ4v) is 5.81. The summed E-state index contributed by atoms with van der Waals surface area (Å²) >= 11 is 6.73. The molecule has 1 aromatic carbocycles. The molecule has 1 aromatic rings. The Balaban J connectivity index is 2.21. The lowest BCUT2D eigenvalue weighted by Gasteiger charge is -2.48. The Morgan fingerprint density at radius 2 is 2.03 bits per heavy atom. The quantitative estimate of drug-likeness (QED) is 0.414. The average molecular weight is 509 g/mol. The molecule has 1 fully saturated rings. The van der Waals surface area contributed by atoms with Gasteiger partial charge in [-0.2, -0.15) is 0 Å². The van der Waals surface area contributed by atoms with Gasteiger partial charge in [0.1, 0.15) is 11.7 Å². The summed E-state index contributed by atoms with van der Waals surface area (Å²) in [5.74, 6) is -2.29. The van der Waals surface area contributed by atoms with Crippen molar-refractivity contribution in [1.82, 2.24) is 9.62 Å². The highest BCUT2D eigenvalue weighted by Crippen LogP contribution is 2.42. The summed E-state index contributed by atoms with van der Waals surface area (Å²) < 4.78 is 34.3. The SMILES string of the molecule is C=C/C(F)=C\C=C(/Cl)C1C(C(=O)OCC)c2ccccc2C(=O)N1C1CCCCC1NS(C)=O. The van der Waals surface area contributed by atoms with Gasteiger partial charge in [-0.1, -0.05) is 49.2 Å². The van der Waals surface area contributed by atoms with Gasteiger partial charge in [-0.05, 0) is 49.6 Å². The lowest BCUT2D eigenvalue weighted by molar-refractivity contribution is -0.146. The molecule has 0 bridgehead atoms. The van der Waals surface area contributed by atoms with Crippen LogP contribution >= 0.6 is 11.6 Å². The first-order valence-corrected chi connectivity index (χ1v) is 13.3. The maximum atomic E-state index is 13.9. The number of ether oxygens (including phenoxy) is 1. The van der Waals surface area contributed by atoms with Crippen molar-refractivity contribution in [3.8, 4) is 0 Å². The van der Waals surface area contributed by atoms with Gasteiger partial charge in [0, 0.05) is 28.9 Å². The predicted molar refractivity (Wildman–Crippen MR) is 132 cm³/mol. The van der Waals surface area contributed by atoms with Crippen molar-refractivity contribution in [2.45, 2.75) is 56.7 Å². The zero-order valence-electron chi connectivity index (χ0n) is 19.3. The number of allylic oxidation sites excluding steroid dienone is 4. The summed E-state index contributed by atoms with van der Waals surface area (Å²) in [6.45, 7) is 5.26. The van der Waals surface area contributed by atoms with E-state index in [2.05, 4.69) is 11.3 Å². The second kappa shape index (κ2) is 11.9. The van der Waals surface area contributed by atoms with Gasteiger partial charge in [-0.15, -0.1) is 0 Å². The number of hydrogen-bond acceptors (Lipinski definition) is 4. The Labute approximate surface area is 207 Å². The van der Waals surface area contributed by atoms with E-state index in [1.165, 1.54) is 6.08 Å². The van der Waals surface area contributed by atoms with Gasteiger partial charge in [0.05, 0.1) is 23.6 Å². The lowest BCUT2D eigenvalue weighted by atomic mass is 9.79. The third-order valence-corrected chi connectivity index (χ3v) is 7.18. The fourth-order valence-electron chi connectivity index (χ4n) is 4.82. The molecule has 9 heteroatoms. The molecule has 1 heterocycles. The number of rotatable bonds is 8. The Morgan fingerprint density at radius 1 is 1.32 bits per heavy atom. The molecule has 2 aliphatic rings. The van der Waals surface area contributed by atoms with Crippen molar-refractivity contribution in [2.75, 3.05) is 12.9 Å². The number of carbonyl (C=O) groups excluding carboxylic acids is 2. The number of nitrogens with one attached hydrogen (secondary N) is 1. The van der Waals surface area contributed by atoms with Crippen LogP contribution in [-0.2, 0) is 20.5 Å². The molecule has 0 radical (unpaired) electrons. The lowest BCUT2D eigenvalue weighted by Crippen LogP contribution is -2.61. The Hall–Kier alpha value is -2.29. The number of halogens is 2. The monoisotopic (exact) mass is 508 g/mol. The summed E-state index contributed by atoms with van der Waals surface area (Å²) in [6.07, 6.45) is 8.26. The Morgan fingerprint density at radius 3 is 2.71 bits per heavy atom. The summed E-state index contributed by atoms with van der Waals surface area (Å²) in [6, 6.07) is 5.39. The zero-order valence-corrected chi connectivity index (χ0v) is 20.9. The molecule has 1 saturated carbocycles. The van der Waals surface area contributed by atoms with E-state index in [0.29, 0.717) is 17.5 Å². The van der Waals surface area contributed by atoms with Crippen molar-refractivity contribution >= 4 is 34.5 Å². The minimum atomic E-state index is -1.30. The van der Waals surface area contributed by atoms with Gasteiger partial charge >= 0.3 is 5.97 Å². The van der Waals surface area contributed by atoms with Crippen LogP contribution in [0.1, 0.15) is 54.4 Å². The molecule has 1 N–H and O–H groups in total. The van der Waals surface area contributed by atoms with Gasteiger partial charge in [0.25, 0.3) is 5.91 Å². The summed E-state index contributed by atoms with van der Waals surface area (Å²) in [7, 11) is -1.30. The number of amides is 1. The van der Waals surface area contributed by atoms with E-state index < -0.39 is 34.7 Å². The molecule has 6 nitrogen and oxygen atoms in total. The number of hydrogen-bond donors (Lipinski definition) is 1. The molecule has 1 aliphatic carbocycles. The van der Waals surface area contributed by atoms with E-state index in [9.17, 15) is 18.2 Å². The van der Waals surface area contributed by atoms with E-state index in [-0.39, 0.29) is 29.6 Å². The molecule has 34 heavy (non-hydrogen) atoms. The maximum absolute atomic E-state index is 13.9. The molecule has 3 rings (SSSR count). The normalized spacial score (nSPS) is 26.6. The second-order valence-corrected chi connectivity index (χ2v) is 9.89. The van der Waals surface area contributed by atoms with Crippen LogP contribution in [0.15, 0.2) is 59.9 Å². The summed E-state index contributed by atoms with van der Waals surface area (Å²) in [5.41, 5.74) is 0.919. The third kappa shape index (κ3) is 5.67. The Kier molecular flexibility index (Phi) is 9.22. The highest BCUT2D eigenvalue weighted by Gasteiger charge is 2.49. The zero-order chi connectivity index (χ0) is 24.8. The molecule has 0 spiro atoms. The number of nitrogens with zero attached hydrogens (tertiary/aromatic N) is 1. The number of fused-ring (bicyclic) bond motifs is 1. The molecular formula is C25H30ClFN2O4S. The summed E-state index contributed by atoms with van der Waals surface area (Å²) in [5, 5.41) is 0.125. The van der Waals surface area contributed by atoms with Crippen molar-refractivity contribution in [2.24, 2.45) is 0 Å². The van der Waals surface area contributed by atoms with Crippen LogP contribution in [0.4, 0.5) is 4.39 Å². The molecule has 184 valence electrons. The first kappa shape index (κ1) is 26.3. The van der Waals surface area contributed by atoms with Crippen LogP contribution in [0, 0.1) is 0 Å². The van der Waals surface area contributed by atoms with Crippen LogP contribution in [0.2, 0.25) is 0 Å². The smallest absolute Gasteiger partial charge is 0.315 e. The third-order valence-electron chi connectivity index (χ3n) is 6.20.